The highest BCUT2D eigenvalue weighted by molar-refractivity contribution is 9.10. The first kappa shape index (κ1) is 18.0. The van der Waals surface area contributed by atoms with Gasteiger partial charge in [0.1, 0.15) is 5.75 Å². The van der Waals surface area contributed by atoms with Crippen LogP contribution in [-0.2, 0) is 16.0 Å². The predicted molar refractivity (Wildman–Crippen MR) is 87.5 cm³/mol. The first-order valence-corrected chi connectivity index (χ1v) is 8.15. The van der Waals surface area contributed by atoms with Crippen LogP contribution < -0.4 is 10.5 Å². The van der Waals surface area contributed by atoms with Gasteiger partial charge in [0.25, 0.3) is 0 Å². The summed E-state index contributed by atoms with van der Waals surface area (Å²) >= 11 is 3.49. The molecule has 2 atom stereocenters. The molecule has 1 rings (SSSR count). The largest absolute Gasteiger partial charge is 0.477 e. The summed E-state index contributed by atoms with van der Waals surface area (Å²) in [6.45, 7) is 6.10. The van der Waals surface area contributed by atoms with Crippen molar-refractivity contribution < 1.29 is 14.3 Å². The van der Waals surface area contributed by atoms with Crippen molar-refractivity contribution in [3.05, 3.63) is 28.2 Å². The van der Waals surface area contributed by atoms with Gasteiger partial charge in [-0.25, -0.2) is 4.79 Å². The zero-order chi connectivity index (χ0) is 15.8. The molecule has 0 bridgehead atoms. The van der Waals surface area contributed by atoms with Gasteiger partial charge in [-0.15, -0.1) is 0 Å². The second-order valence-corrected chi connectivity index (χ2v) is 5.91. The van der Waals surface area contributed by atoms with Crippen LogP contribution in [0.25, 0.3) is 0 Å². The molecule has 0 aliphatic carbocycles. The summed E-state index contributed by atoms with van der Waals surface area (Å²) in [5.41, 5.74) is 6.87. The van der Waals surface area contributed by atoms with Gasteiger partial charge >= 0.3 is 5.97 Å². The minimum absolute atomic E-state index is 0.0221. The highest BCUT2D eigenvalue weighted by Crippen LogP contribution is 2.31. The van der Waals surface area contributed by atoms with Crippen LogP contribution in [0.3, 0.4) is 0 Å². The summed E-state index contributed by atoms with van der Waals surface area (Å²) in [6, 6.07) is 5.83. The number of esters is 1. The lowest BCUT2D eigenvalue weighted by molar-refractivity contribution is -0.151. The minimum atomic E-state index is -0.583. The van der Waals surface area contributed by atoms with E-state index in [1.54, 1.807) is 6.92 Å². The Balaban J connectivity index is 2.99. The lowest BCUT2D eigenvalue weighted by atomic mass is 10.1. The van der Waals surface area contributed by atoms with Gasteiger partial charge in [0.15, 0.2) is 6.10 Å². The molecule has 0 amide bonds. The Morgan fingerprint density at radius 2 is 2.10 bits per heavy atom. The SMILES string of the molecule is CCCC(Oc1c(Br)cccc1CC(C)N)C(=O)OCC. The Morgan fingerprint density at radius 1 is 1.38 bits per heavy atom. The molecule has 0 fully saturated rings. The van der Waals surface area contributed by atoms with Crippen molar-refractivity contribution >= 4 is 21.9 Å². The molecule has 0 heterocycles. The average molecular weight is 358 g/mol. The van der Waals surface area contributed by atoms with E-state index in [4.69, 9.17) is 15.2 Å². The van der Waals surface area contributed by atoms with E-state index in [2.05, 4.69) is 15.9 Å². The Kier molecular flexibility index (Phi) is 7.75. The monoisotopic (exact) mass is 357 g/mol. The second-order valence-electron chi connectivity index (χ2n) is 5.06. The number of nitrogens with two attached hydrogens (primary N) is 1. The summed E-state index contributed by atoms with van der Waals surface area (Å²) in [5.74, 6) is 0.364. The van der Waals surface area contributed by atoms with Gasteiger partial charge in [-0.1, -0.05) is 25.5 Å². The Bertz CT molecular complexity index is 463. The number of benzene rings is 1. The maximum absolute atomic E-state index is 12.0. The van der Waals surface area contributed by atoms with Crippen LogP contribution in [0, 0.1) is 0 Å². The number of hydrogen-bond acceptors (Lipinski definition) is 4. The molecule has 4 nitrogen and oxygen atoms in total. The fraction of sp³-hybridized carbons (Fsp3) is 0.562. The third-order valence-corrected chi connectivity index (χ3v) is 3.58. The van der Waals surface area contributed by atoms with Gasteiger partial charge in [-0.2, -0.15) is 0 Å². The smallest absolute Gasteiger partial charge is 0.347 e. The summed E-state index contributed by atoms with van der Waals surface area (Å²) in [7, 11) is 0. The Labute approximate surface area is 135 Å². The van der Waals surface area contributed by atoms with Crippen molar-refractivity contribution in [3.63, 3.8) is 0 Å². The van der Waals surface area contributed by atoms with Crippen LogP contribution in [-0.4, -0.2) is 24.7 Å². The number of ether oxygens (including phenoxy) is 2. The number of carbonyl (C=O) groups excluding carboxylic acids is 1. The van der Waals surface area contributed by atoms with Gasteiger partial charge in [-0.05, 0) is 54.2 Å². The molecule has 2 N–H and O–H groups in total. The number of carbonyl (C=O) groups is 1. The van der Waals surface area contributed by atoms with E-state index in [1.165, 1.54) is 0 Å². The zero-order valence-electron chi connectivity index (χ0n) is 12.9. The molecule has 0 saturated carbocycles. The first-order valence-electron chi connectivity index (χ1n) is 7.35. The second kappa shape index (κ2) is 9.05. The molecule has 21 heavy (non-hydrogen) atoms. The van der Waals surface area contributed by atoms with Gasteiger partial charge in [0.05, 0.1) is 11.1 Å². The van der Waals surface area contributed by atoms with Crippen LogP contribution in [0.4, 0.5) is 0 Å². The van der Waals surface area contributed by atoms with E-state index in [0.717, 1.165) is 16.5 Å². The van der Waals surface area contributed by atoms with Gasteiger partial charge in [-0.3, -0.25) is 0 Å². The minimum Gasteiger partial charge on any atom is -0.477 e. The van der Waals surface area contributed by atoms with Crippen molar-refractivity contribution in [2.75, 3.05) is 6.61 Å². The first-order chi connectivity index (χ1) is 9.99. The maximum Gasteiger partial charge on any atom is 0.347 e. The molecule has 1 aromatic rings. The summed E-state index contributed by atoms with van der Waals surface area (Å²) in [6.07, 6.45) is 1.57. The molecule has 1 aromatic carbocycles. The van der Waals surface area contributed by atoms with Crippen LogP contribution in [0.2, 0.25) is 0 Å². The van der Waals surface area contributed by atoms with Gasteiger partial charge in [0.2, 0.25) is 0 Å². The normalized spacial score (nSPS) is 13.6. The number of para-hydroxylation sites is 1. The topological polar surface area (TPSA) is 61.5 Å². The lowest BCUT2D eigenvalue weighted by Gasteiger charge is -2.21. The summed E-state index contributed by atoms with van der Waals surface area (Å²) in [5, 5.41) is 0. The molecule has 0 aliphatic heterocycles. The molecule has 118 valence electrons. The van der Waals surface area contributed by atoms with E-state index >= 15 is 0 Å². The summed E-state index contributed by atoms with van der Waals surface area (Å²) in [4.78, 5) is 12.0. The molecule has 5 heteroatoms. The van der Waals surface area contributed by atoms with E-state index < -0.39 is 6.10 Å². The molecule has 0 spiro atoms. The van der Waals surface area contributed by atoms with Gasteiger partial charge < -0.3 is 15.2 Å². The molecule has 0 saturated heterocycles. The number of hydrogen-bond donors (Lipinski definition) is 1. The molecular formula is C16H24BrNO3. The zero-order valence-corrected chi connectivity index (χ0v) is 14.5. The van der Waals surface area contributed by atoms with Gasteiger partial charge in [0, 0.05) is 6.04 Å². The summed E-state index contributed by atoms with van der Waals surface area (Å²) < 4.78 is 11.9. The highest BCUT2D eigenvalue weighted by Gasteiger charge is 2.23. The number of halogens is 1. The Hall–Kier alpha value is -1.07. The standard InChI is InChI=1S/C16H24BrNO3/c1-4-7-14(16(19)20-5-2)21-15-12(10-11(3)18)8-6-9-13(15)17/h6,8-9,11,14H,4-5,7,10,18H2,1-3H3. The predicted octanol–water partition coefficient (Wildman–Crippen LogP) is 3.45. The van der Waals surface area contributed by atoms with Crippen molar-refractivity contribution in [2.24, 2.45) is 5.73 Å². The van der Waals surface area contributed by atoms with E-state index in [-0.39, 0.29) is 12.0 Å². The Morgan fingerprint density at radius 3 is 2.67 bits per heavy atom. The van der Waals surface area contributed by atoms with Crippen LogP contribution in [0.1, 0.15) is 39.2 Å². The fourth-order valence-corrected chi connectivity index (χ4v) is 2.56. The molecule has 2 unspecified atom stereocenters. The van der Waals surface area contributed by atoms with E-state index in [0.29, 0.717) is 25.2 Å². The molecule has 0 radical (unpaired) electrons. The molecule has 0 aliphatic rings. The maximum atomic E-state index is 12.0. The fourth-order valence-electron chi connectivity index (χ4n) is 2.06. The van der Waals surface area contributed by atoms with Crippen molar-refractivity contribution in [2.45, 2.75) is 52.2 Å². The van der Waals surface area contributed by atoms with E-state index in [1.807, 2.05) is 32.0 Å². The highest BCUT2D eigenvalue weighted by atomic mass is 79.9. The lowest BCUT2D eigenvalue weighted by Crippen LogP contribution is -2.30. The third kappa shape index (κ3) is 5.67. The van der Waals surface area contributed by atoms with Crippen LogP contribution in [0.5, 0.6) is 5.75 Å². The van der Waals surface area contributed by atoms with Crippen molar-refractivity contribution in [3.8, 4) is 5.75 Å². The van der Waals surface area contributed by atoms with Crippen LogP contribution >= 0.6 is 15.9 Å². The van der Waals surface area contributed by atoms with Crippen LogP contribution in [0.15, 0.2) is 22.7 Å². The molecule has 0 aromatic heterocycles. The van der Waals surface area contributed by atoms with Crippen molar-refractivity contribution in [1.29, 1.82) is 0 Å². The van der Waals surface area contributed by atoms with E-state index in [9.17, 15) is 4.79 Å². The number of rotatable bonds is 8. The van der Waals surface area contributed by atoms with Crippen molar-refractivity contribution in [1.82, 2.24) is 0 Å². The molecular weight excluding hydrogens is 334 g/mol. The average Bonchev–Trinajstić information content (AvgIpc) is 2.41. The quantitative estimate of drug-likeness (QED) is 0.723. The third-order valence-electron chi connectivity index (χ3n) is 2.95.